The lowest BCUT2D eigenvalue weighted by molar-refractivity contribution is 0.647. The van der Waals surface area contributed by atoms with E-state index in [0.29, 0.717) is 11.8 Å². The molecule has 0 radical (unpaired) electrons. The van der Waals surface area contributed by atoms with Crippen LogP contribution in [0, 0.1) is 11.8 Å². The van der Waals surface area contributed by atoms with Gasteiger partial charge in [0.1, 0.15) is 17.1 Å². The van der Waals surface area contributed by atoms with Crippen molar-refractivity contribution in [3.8, 4) is 22.9 Å². The highest BCUT2D eigenvalue weighted by atomic mass is 15.1. The van der Waals surface area contributed by atoms with Crippen LogP contribution in [0.4, 0.5) is 0 Å². The van der Waals surface area contributed by atoms with E-state index in [0.717, 1.165) is 90.6 Å². The van der Waals surface area contributed by atoms with Gasteiger partial charge in [-0.1, -0.05) is 76.2 Å². The minimum Gasteiger partial charge on any atom is -0.308 e. The summed E-state index contributed by atoms with van der Waals surface area (Å²) in [5.74, 6) is 2.02. The number of benzene rings is 6. The molecule has 6 aromatic carbocycles. The Kier molecular flexibility index (Phi) is 8.59. The van der Waals surface area contributed by atoms with Gasteiger partial charge in [0, 0.05) is 66.9 Å². The van der Waals surface area contributed by atoms with Crippen molar-refractivity contribution in [1.29, 1.82) is 0 Å². The molecule has 0 fully saturated rings. The van der Waals surface area contributed by atoms with Gasteiger partial charge < -0.3 is 4.57 Å². The summed E-state index contributed by atoms with van der Waals surface area (Å²) in [6.45, 7) is 9.18. The molecule has 0 saturated carbocycles. The average molecular weight is 854 g/mol. The van der Waals surface area contributed by atoms with Gasteiger partial charge in [-0.2, -0.15) is 0 Å². The molecule has 0 N–H and O–H groups in total. The highest BCUT2D eigenvalue weighted by molar-refractivity contribution is 6.14. The summed E-state index contributed by atoms with van der Waals surface area (Å²) >= 11 is 0. The third-order valence-corrected chi connectivity index (χ3v) is 13.5. The molecule has 0 amide bonds. The quantitative estimate of drug-likeness (QED) is 0.153. The number of fused-ring (bicyclic) bond motifs is 12. The molecule has 0 unspecified atom stereocenters. The number of hydrogen-bond acceptors (Lipinski definition) is 3. The molecule has 7 nitrogen and oxygen atoms in total. The van der Waals surface area contributed by atoms with Crippen molar-refractivity contribution in [3.05, 3.63) is 187 Å². The van der Waals surface area contributed by atoms with E-state index in [2.05, 4.69) is 192 Å². The van der Waals surface area contributed by atoms with E-state index >= 15 is 0 Å². The number of aromatic nitrogens is 7. The molecule has 0 aliphatic rings. The number of para-hydroxylation sites is 2. The minimum atomic E-state index is 0.583. The van der Waals surface area contributed by atoms with Crippen molar-refractivity contribution < 1.29 is 0 Å². The normalized spacial score (nSPS) is 12.3. The second-order valence-electron chi connectivity index (χ2n) is 18.8. The van der Waals surface area contributed by atoms with Crippen molar-refractivity contribution >= 4 is 87.5 Å². The first kappa shape index (κ1) is 38.4. The predicted molar refractivity (Wildman–Crippen MR) is 274 cm³/mol. The second kappa shape index (κ2) is 14.8. The third kappa shape index (κ3) is 5.85. The van der Waals surface area contributed by atoms with Crippen molar-refractivity contribution in [2.75, 3.05) is 0 Å². The van der Waals surface area contributed by atoms with E-state index in [9.17, 15) is 0 Å². The van der Waals surface area contributed by atoms with E-state index in [-0.39, 0.29) is 0 Å². The van der Waals surface area contributed by atoms with Crippen molar-refractivity contribution in [1.82, 2.24) is 33.2 Å². The molecule has 0 bridgehead atoms. The summed E-state index contributed by atoms with van der Waals surface area (Å²) in [7, 11) is 0. The highest BCUT2D eigenvalue weighted by Crippen LogP contribution is 2.40. The fourth-order valence-corrected chi connectivity index (χ4v) is 10.9. The molecule has 13 rings (SSSR count). The minimum absolute atomic E-state index is 0.583. The van der Waals surface area contributed by atoms with Gasteiger partial charge in [0.25, 0.3) is 0 Å². The molecule has 13 aromatic rings. The van der Waals surface area contributed by atoms with Crippen LogP contribution in [-0.2, 0) is 12.8 Å². The monoisotopic (exact) mass is 853 g/mol. The van der Waals surface area contributed by atoms with Crippen molar-refractivity contribution in [2.45, 2.75) is 40.5 Å². The van der Waals surface area contributed by atoms with Gasteiger partial charge in [-0.25, -0.2) is 15.0 Å². The van der Waals surface area contributed by atoms with Crippen LogP contribution in [0.15, 0.2) is 176 Å². The van der Waals surface area contributed by atoms with E-state index in [1.807, 2.05) is 30.7 Å². The van der Waals surface area contributed by atoms with Crippen LogP contribution < -0.4 is 0 Å². The Labute approximate surface area is 381 Å². The summed E-state index contributed by atoms with van der Waals surface area (Å²) in [6.07, 6.45) is 7.93. The van der Waals surface area contributed by atoms with Gasteiger partial charge in [-0.3, -0.25) is 13.7 Å². The number of nitrogens with zero attached hydrogens (tertiary/aromatic N) is 7. The Morgan fingerprint density at radius 1 is 0.348 bits per heavy atom. The van der Waals surface area contributed by atoms with Crippen LogP contribution in [0.1, 0.15) is 38.8 Å². The summed E-state index contributed by atoms with van der Waals surface area (Å²) in [6, 6.07) is 57.7. The Hall–Kier alpha value is -8.03. The molecule has 7 heterocycles. The van der Waals surface area contributed by atoms with Gasteiger partial charge in [-0.15, -0.1) is 0 Å². The first-order valence-corrected chi connectivity index (χ1v) is 23.2. The summed E-state index contributed by atoms with van der Waals surface area (Å²) in [4.78, 5) is 15.2. The SMILES string of the molecule is CC(C)Cc1ccc2c(c1)c1cc(CC(C)C)ccc1n2-c1ccc(-n2c3ccc(-n4c5ccccc5c5cccnc54)cc3c3cc(-n4c5ccccc5c5cccnc54)ccc32)nc1. The topological polar surface area (TPSA) is 58.4 Å². The fraction of sp³-hybridized carbons (Fsp3) is 0.136. The zero-order chi connectivity index (χ0) is 44.2. The maximum Gasteiger partial charge on any atom is 0.145 e. The van der Waals surface area contributed by atoms with Gasteiger partial charge in [-0.05, 0) is 145 Å². The lowest BCUT2D eigenvalue weighted by atomic mass is 9.99. The zero-order valence-corrected chi connectivity index (χ0v) is 37.4. The van der Waals surface area contributed by atoms with Crippen LogP contribution >= 0.6 is 0 Å². The molecular weight excluding hydrogens is 807 g/mol. The molecule has 0 saturated heterocycles. The first-order valence-electron chi connectivity index (χ1n) is 23.2. The van der Waals surface area contributed by atoms with Crippen LogP contribution in [0.3, 0.4) is 0 Å². The average Bonchev–Trinajstić information content (AvgIpc) is 4.06. The molecule has 7 heteroatoms. The van der Waals surface area contributed by atoms with E-state index in [1.165, 1.54) is 43.7 Å². The zero-order valence-electron chi connectivity index (χ0n) is 37.4. The summed E-state index contributed by atoms with van der Waals surface area (Å²) in [5.41, 5.74) is 14.6. The fourth-order valence-electron chi connectivity index (χ4n) is 10.9. The van der Waals surface area contributed by atoms with Gasteiger partial charge >= 0.3 is 0 Å². The van der Waals surface area contributed by atoms with Crippen molar-refractivity contribution in [3.63, 3.8) is 0 Å². The lowest BCUT2D eigenvalue weighted by Gasteiger charge is -2.12. The smallest absolute Gasteiger partial charge is 0.145 e. The Morgan fingerprint density at radius 3 is 1.26 bits per heavy atom. The molecule has 0 atom stereocenters. The second-order valence-corrected chi connectivity index (χ2v) is 18.8. The molecule has 7 aromatic heterocycles. The van der Waals surface area contributed by atoms with Gasteiger partial charge in [0.15, 0.2) is 0 Å². The molecule has 0 spiro atoms. The maximum atomic E-state index is 5.32. The number of hydrogen-bond donors (Lipinski definition) is 0. The van der Waals surface area contributed by atoms with Crippen LogP contribution in [0.25, 0.3) is 110 Å². The van der Waals surface area contributed by atoms with E-state index in [1.54, 1.807) is 0 Å². The lowest BCUT2D eigenvalue weighted by Crippen LogP contribution is -2.01. The van der Waals surface area contributed by atoms with Crippen LogP contribution in [0.5, 0.6) is 0 Å². The maximum absolute atomic E-state index is 5.32. The van der Waals surface area contributed by atoms with Gasteiger partial charge in [0.05, 0.1) is 45.0 Å². The van der Waals surface area contributed by atoms with Crippen LogP contribution in [0.2, 0.25) is 0 Å². The highest BCUT2D eigenvalue weighted by Gasteiger charge is 2.21. The van der Waals surface area contributed by atoms with Gasteiger partial charge in [0.2, 0.25) is 0 Å². The third-order valence-electron chi connectivity index (χ3n) is 13.5. The Bertz CT molecular complexity index is 3720. The molecule has 66 heavy (non-hydrogen) atoms. The molecule has 0 aliphatic carbocycles. The van der Waals surface area contributed by atoms with Crippen LogP contribution in [-0.4, -0.2) is 33.2 Å². The Balaban J connectivity index is 1.02. The van der Waals surface area contributed by atoms with E-state index in [4.69, 9.17) is 15.0 Å². The predicted octanol–water partition coefficient (Wildman–Crippen LogP) is 14.7. The summed E-state index contributed by atoms with van der Waals surface area (Å²) < 4.78 is 9.30. The summed E-state index contributed by atoms with van der Waals surface area (Å²) in [5, 5.41) is 9.48. The number of pyridine rings is 3. The largest absolute Gasteiger partial charge is 0.308 e. The number of rotatable bonds is 8. The molecule has 0 aliphatic heterocycles. The molecular formula is C59H47N7. The first-order chi connectivity index (χ1) is 32.4. The standard InChI is InChI=1S/C59H47N7/c1-36(2)29-38-17-22-53-47(31-38)48-32-39(30-37(3)4)18-23-54(48)63(53)42-21-26-57(62-35-42)66-55-24-19-40(64-51-15-7-5-11-43(51)45-13-9-27-60-58(45)64)33-49(55)50-34-41(20-25-56(50)66)65-52-16-8-6-12-44(52)46-14-10-28-61-59(46)65/h5-28,31-37H,29-30H2,1-4H3. The Morgan fingerprint density at radius 2 is 0.773 bits per heavy atom. The van der Waals surface area contributed by atoms with Crippen molar-refractivity contribution in [2.24, 2.45) is 11.8 Å². The van der Waals surface area contributed by atoms with E-state index < -0.39 is 0 Å². The molecule has 318 valence electrons.